The average molecular weight is 407 g/mol. The summed E-state index contributed by atoms with van der Waals surface area (Å²) in [5, 5.41) is 6.09. The van der Waals surface area contributed by atoms with Crippen molar-refractivity contribution in [3.8, 4) is 0 Å². The maximum atomic E-state index is 12.6. The molecule has 0 spiro atoms. The summed E-state index contributed by atoms with van der Waals surface area (Å²) in [4.78, 5) is 32.3. The second kappa shape index (κ2) is 7.92. The average Bonchev–Trinajstić information content (AvgIpc) is 3.15. The van der Waals surface area contributed by atoms with Crippen molar-refractivity contribution in [3.05, 3.63) is 69.7 Å². The quantitative estimate of drug-likeness (QED) is 0.574. The molecule has 0 saturated carbocycles. The highest BCUT2D eigenvalue weighted by Gasteiger charge is 2.26. The van der Waals surface area contributed by atoms with Gasteiger partial charge in [-0.15, -0.1) is 11.3 Å². The van der Waals surface area contributed by atoms with Crippen molar-refractivity contribution in [1.29, 1.82) is 0 Å². The van der Waals surface area contributed by atoms with Crippen molar-refractivity contribution in [2.75, 3.05) is 22.9 Å². The van der Waals surface area contributed by atoms with Crippen LogP contribution in [-0.4, -0.2) is 28.4 Å². The molecule has 4 N–H and O–H groups in total. The molecule has 29 heavy (non-hydrogen) atoms. The number of benzene rings is 2. The standard InChI is InChI=1S/C21H21N5O2S/c1-13-6-8-14(9-7-13)23-21(28)26-11-10-17-18(12-26)29-20(25-17)19(27)24-16-5-3-2-4-15(16)22/h2-9H,10-12,22H2,1H3,(H,23,28)(H,24,27). The van der Waals surface area contributed by atoms with Crippen molar-refractivity contribution >= 4 is 40.3 Å². The molecule has 8 heteroatoms. The number of amides is 3. The number of hydrogen-bond acceptors (Lipinski definition) is 5. The number of nitrogens with one attached hydrogen (secondary N) is 2. The maximum Gasteiger partial charge on any atom is 0.322 e. The van der Waals surface area contributed by atoms with Crippen LogP contribution in [0.4, 0.5) is 21.9 Å². The van der Waals surface area contributed by atoms with Gasteiger partial charge in [0.15, 0.2) is 5.01 Å². The number of fused-ring (bicyclic) bond motifs is 1. The zero-order valence-corrected chi connectivity index (χ0v) is 16.8. The van der Waals surface area contributed by atoms with Crippen LogP contribution in [0.2, 0.25) is 0 Å². The normalized spacial score (nSPS) is 12.9. The van der Waals surface area contributed by atoms with Crippen LogP contribution in [0.25, 0.3) is 0 Å². The van der Waals surface area contributed by atoms with Crippen molar-refractivity contribution < 1.29 is 9.59 Å². The van der Waals surface area contributed by atoms with E-state index >= 15 is 0 Å². The molecule has 3 amide bonds. The van der Waals surface area contributed by atoms with Crippen molar-refractivity contribution in [2.45, 2.75) is 19.9 Å². The lowest BCUT2D eigenvalue weighted by Gasteiger charge is -2.26. The maximum absolute atomic E-state index is 12.6. The summed E-state index contributed by atoms with van der Waals surface area (Å²) in [5.74, 6) is -0.294. The third-order valence-corrected chi connectivity index (χ3v) is 5.81. The molecule has 4 rings (SSSR count). The van der Waals surface area contributed by atoms with Crippen molar-refractivity contribution in [1.82, 2.24) is 9.88 Å². The van der Waals surface area contributed by atoms with Gasteiger partial charge < -0.3 is 21.3 Å². The number of nitrogen functional groups attached to an aromatic ring is 1. The van der Waals surface area contributed by atoms with Crippen LogP contribution < -0.4 is 16.4 Å². The van der Waals surface area contributed by atoms with Crippen molar-refractivity contribution in [3.63, 3.8) is 0 Å². The summed E-state index contributed by atoms with van der Waals surface area (Å²) < 4.78 is 0. The summed E-state index contributed by atoms with van der Waals surface area (Å²) >= 11 is 1.31. The molecule has 0 atom stereocenters. The minimum atomic E-state index is -0.294. The predicted molar refractivity (Wildman–Crippen MR) is 115 cm³/mol. The first-order valence-electron chi connectivity index (χ1n) is 9.26. The Morgan fingerprint density at radius 1 is 1.10 bits per heavy atom. The Balaban J connectivity index is 1.43. The molecule has 0 aliphatic carbocycles. The summed E-state index contributed by atoms with van der Waals surface area (Å²) in [5.41, 5.74) is 9.72. The number of aryl methyl sites for hydroxylation is 1. The van der Waals surface area contributed by atoms with Crippen LogP contribution in [0.1, 0.15) is 25.9 Å². The highest BCUT2D eigenvalue weighted by molar-refractivity contribution is 7.13. The molecule has 0 fully saturated rings. The largest absolute Gasteiger partial charge is 0.397 e. The summed E-state index contributed by atoms with van der Waals surface area (Å²) in [6.07, 6.45) is 0.619. The van der Waals surface area contributed by atoms with Crippen LogP contribution in [0.5, 0.6) is 0 Å². The number of anilines is 3. The third-order valence-electron chi connectivity index (χ3n) is 4.72. The number of nitrogens with zero attached hydrogens (tertiary/aromatic N) is 2. The molecule has 3 aromatic rings. The molecule has 1 aromatic heterocycles. The third kappa shape index (κ3) is 4.22. The number of urea groups is 1. The molecule has 0 unspecified atom stereocenters. The van der Waals surface area contributed by atoms with Crippen LogP contribution in [0, 0.1) is 6.92 Å². The lowest BCUT2D eigenvalue weighted by molar-refractivity contribution is 0.102. The molecule has 2 aromatic carbocycles. The zero-order valence-electron chi connectivity index (χ0n) is 15.9. The van der Waals surface area contributed by atoms with E-state index in [-0.39, 0.29) is 11.9 Å². The summed E-state index contributed by atoms with van der Waals surface area (Å²) in [6, 6.07) is 14.6. The van der Waals surface area contributed by atoms with Gasteiger partial charge in [-0.05, 0) is 31.2 Å². The molecule has 0 saturated heterocycles. The number of rotatable bonds is 3. The van der Waals surface area contributed by atoms with Crippen LogP contribution in [0.3, 0.4) is 0 Å². The smallest absolute Gasteiger partial charge is 0.322 e. The molecule has 1 aliphatic heterocycles. The Bertz CT molecular complexity index is 1060. The van der Waals surface area contributed by atoms with E-state index in [0.29, 0.717) is 35.9 Å². The summed E-state index contributed by atoms with van der Waals surface area (Å²) in [7, 11) is 0. The van der Waals surface area contributed by atoms with Gasteiger partial charge in [0.2, 0.25) is 0 Å². The van der Waals surface area contributed by atoms with Gasteiger partial charge in [-0.1, -0.05) is 29.8 Å². The highest BCUT2D eigenvalue weighted by atomic mass is 32.1. The number of carbonyl (C=O) groups excluding carboxylic acids is 2. The van der Waals surface area contributed by atoms with E-state index in [1.807, 2.05) is 43.3 Å². The SMILES string of the molecule is Cc1ccc(NC(=O)N2CCc3nc(C(=O)Nc4ccccc4N)sc3C2)cc1. The van der Waals surface area contributed by atoms with Crippen LogP contribution in [-0.2, 0) is 13.0 Å². The summed E-state index contributed by atoms with van der Waals surface area (Å²) in [6.45, 7) is 2.99. The fraction of sp³-hybridized carbons (Fsp3) is 0.190. The fourth-order valence-electron chi connectivity index (χ4n) is 3.09. The van der Waals surface area contributed by atoms with E-state index in [0.717, 1.165) is 21.8 Å². The van der Waals surface area contributed by atoms with Gasteiger partial charge in [0.05, 0.1) is 23.6 Å². The van der Waals surface area contributed by atoms with E-state index in [2.05, 4.69) is 15.6 Å². The Labute approximate surface area is 172 Å². The van der Waals surface area contributed by atoms with E-state index in [4.69, 9.17) is 5.73 Å². The number of hydrogen-bond donors (Lipinski definition) is 3. The molecule has 2 heterocycles. The van der Waals surface area contributed by atoms with Gasteiger partial charge in [-0.2, -0.15) is 0 Å². The number of aromatic nitrogens is 1. The number of nitrogens with two attached hydrogens (primary N) is 1. The van der Waals surface area contributed by atoms with Gasteiger partial charge in [0.25, 0.3) is 5.91 Å². The number of carbonyl (C=O) groups is 2. The Morgan fingerprint density at radius 3 is 2.62 bits per heavy atom. The molecule has 1 aliphatic rings. The number of para-hydroxylation sites is 2. The van der Waals surface area contributed by atoms with Gasteiger partial charge in [-0.25, -0.2) is 9.78 Å². The Kier molecular flexibility index (Phi) is 5.18. The minimum absolute atomic E-state index is 0.157. The first-order valence-corrected chi connectivity index (χ1v) is 10.1. The van der Waals surface area contributed by atoms with Gasteiger partial charge >= 0.3 is 6.03 Å². The lowest BCUT2D eigenvalue weighted by atomic mass is 10.2. The van der Waals surface area contributed by atoms with E-state index in [9.17, 15) is 9.59 Å². The first kappa shape index (κ1) is 18.9. The van der Waals surface area contributed by atoms with Crippen LogP contribution >= 0.6 is 11.3 Å². The second-order valence-corrected chi connectivity index (χ2v) is 7.98. The number of thiazole rings is 1. The van der Waals surface area contributed by atoms with Gasteiger partial charge in [-0.3, -0.25) is 4.79 Å². The van der Waals surface area contributed by atoms with Crippen molar-refractivity contribution in [2.24, 2.45) is 0 Å². The van der Waals surface area contributed by atoms with E-state index in [1.165, 1.54) is 11.3 Å². The van der Waals surface area contributed by atoms with Crippen LogP contribution in [0.15, 0.2) is 48.5 Å². The molecule has 148 valence electrons. The molecule has 7 nitrogen and oxygen atoms in total. The minimum Gasteiger partial charge on any atom is -0.397 e. The zero-order chi connectivity index (χ0) is 20.4. The topological polar surface area (TPSA) is 100 Å². The Hall–Kier alpha value is -3.39. The first-order chi connectivity index (χ1) is 14.0. The second-order valence-electron chi connectivity index (χ2n) is 6.90. The molecular formula is C21H21N5O2S. The molecule has 0 bridgehead atoms. The van der Waals surface area contributed by atoms with Gasteiger partial charge in [0, 0.05) is 23.5 Å². The fourth-order valence-corrected chi connectivity index (χ4v) is 4.11. The van der Waals surface area contributed by atoms with Gasteiger partial charge in [0.1, 0.15) is 0 Å². The van der Waals surface area contributed by atoms with E-state index < -0.39 is 0 Å². The monoisotopic (exact) mass is 407 g/mol. The van der Waals surface area contributed by atoms with E-state index in [1.54, 1.807) is 17.0 Å². The molecular weight excluding hydrogens is 386 g/mol. The Morgan fingerprint density at radius 2 is 1.86 bits per heavy atom. The predicted octanol–water partition coefficient (Wildman–Crippen LogP) is 3.88. The lowest BCUT2D eigenvalue weighted by Crippen LogP contribution is -2.38. The highest BCUT2D eigenvalue weighted by Crippen LogP contribution is 2.27. The molecule has 0 radical (unpaired) electrons.